The number of aryl methyl sites for hydroxylation is 1. The van der Waals surface area contributed by atoms with Crippen LogP contribution in [0.5, 0.6) is 23.0 Å². The summed E-state index contributed by atoms with van der Waals surface area (Å²) in [4.78, 5) is 15.9. The van der Waals surface area contributed by atoms with Crippen LogP contribution in [0.3, 0.4) is 0 Å². The van der Waals surface area contributed by atoms with Gasteiger partial charge in [-0.2, -0.15) is 0 Å². The van der Waals surface area contributed by atoms with Crippen molar-refractivity contribution in [2.24, 2.45) is 0 Å². The van der Waals surface area contributed by atoms with Crippen molar-refractivity contribution in [2.75, 3.05) is 13.4 Å². The number of hydrogen-bond acceptors (Lipinski definition) is 7. The Labute approximate surface area is 218 Å². The molecule has 1 heterocycles. The van der Waals surface area contributed by atoms with E-state index >= 15 is 0 Å². The second-order valence-electron chi connectivity index (χ2n) is 7.92. The molecule has 0 atom stereocenters. The Bertz CT molecular complexity index is 1470. The highest BCUT2D eigenvalue weighted by molar-refractivity contribution is 5.94. The smallest absolute Gasteiger partial charge is 0.457 e. The molecule has 0 unspecified atom stereocenters. The third-order valence-electron chi connectivity index (χ3n) is 5.22. The van der Waals surface area contributed by atoms with E-state index in [0.29, 0.717) is 28.6 Å². The molecule has 0 aliphatic carbocycles. The van der Waals surface area contributed by atoms with Gasteiger partial charge in [-0.3, -0.25) is 4.98 Å². The van der Waals surface area contributed by atoms with E-state index in [0.717, 1.165) is 18.2 Å². The minimum Gasteiger partial charge on any atom is -0.457 e. The van der Waals surface area contributed by atoms with Crippen molar-refractivity contribution in [1.82, 2.24) is 4.98 Å². The average Bonchev–Trinajstić information content (AvgIpc) is 2.85. The number of pyridine rings is 1. The lowest BCUT2D eigenvalue weighted by molar-refractivity contribution is -0.274. The lowest BCUT2D eigenvalue weighted by Gasteiger charge is -2.17. The molecular formula is C27H20F5NO6. The van der Waals surface area contributed by atoms with Crippen molar-refractivity contribution in [3.05, 3.63) is 78.0 Å². The number of benzene rings is 3. The van der Waals surface area contributed by atoms with Crippen molar-refractivity contribution < 1.29 is 50.4 Å². The number of alkyl halides is 3. The fourth-order valence-electron chi connectivity index (χ4n) is 3.71. The van der Waals surface area contributed by atoms with Crippen molar-refractivity contribution in [2.45, 2.75) is 20.2 Å². The van der Waals surface area contributed by atoms with E-state index in [9.17, 15) is 26.7 Å². The largest absolute Gasteiger partial charge is 0.573 e. The second-order valence-corrected chi connectivity index (χ2v) is 7.92. The molecule has 0 fully saturated rings. The summed E-state index contributed by atoms with van der Waals surface area (Å²) in [5.41, 5.74) is 1.23. The quantitative estimate of drug-likeness (QED) is 0.127. The van der Waals surface area contributed by atoms with Gasteiger partial charge in [-0.05, 0) is 55.8 Å². The Hall–Kier alpha value is -4.61. The SMILES string of the molecule is CCOC(=O)OCOc1c(-c2ccc(Oc3ccc(OC(F)(F)F)cc3)cc2)c(C)nc2cc(F)cc(F)c12. The number of rotatable bonds is 8. The van der Waals surface area contributed by atoms with Gasteiger partial charge >= 0.3 is 12.5 Å². The summed E-state index contributed by atoms with van der Waals surface area (Å²) < 4.78 is 90.5. The van der Waals surface area contributed by atoms with Crippen molar-refractivity contribution in [3.8, 4) is 34.1 Å². The Morgan fingerprint density at radius 2 is 1.51 bits per heavy atom. The molecule has 4 aromatic rings. The van der Waals surface area contributed by atoms with E-state index in [4.69, 9.17) is 14.2 Å². The minimum atomic E-state index is -4.81. The molecule has 0 spiro atoms. The molecule has 0 saturated carbocycles. The zero-order chi connectivity index (χ0) is 28.2. The first-order valence-electron chi connectivity index (χ1n) is 11.4. The van der Waals surface area contributed by atoms with Crippen LogP contribution in [0.4, 0.5) is 26.7 Å². The van der Waals surface area contributed by atoms with Gasteiger partial charge in [-0.25, -0.2) is 13.6 Å². The maximum atomic E-state index is 14.9. The van der Waals surface area contributed by atoms with E-state index in [2.05, 4.69) is 14.5 Å². The van der Waals surface area contributed by atoms with Gasteiger partial charge in [-0.15, -0.1) is 13.2 Å². The molecule has 0 aliphatic heterocycles. The first-order chi connectivity index (χ1) is 18.5. The molecule has 0 aliphatic rings. The van der Waals surface area contributed by atoms with Gasteiger partial charge in [-0.1, -0.05) is 12.1 Å². The molecule has 204 valence electrons. The second kappa shape index (κ2) is 11.4. The van der Waals surface area contributed by atoms with Gasteiger partial charge in [0.15, 0.2) is 0 Å². The van der Waals surface area contributed by atoms with E-state index in [1.807, 2.05) is 0 Å². The highest BCUT2D eigenvalue weighted by atomic mass is 19.4. The summed E-state index contributed by atoms with van der Waals surface area (Å²) in [7, 11) is 0. The zero-order valence-corrected chi connectivity index (χ0v) is 20.5. The van der Waals surface area contributed by atoms with Crippen molar-refractivity contribution in [3.63, 3.8) is 0 Å². The molecule has 0 N–H and O–H groups in total. The third kappa shape index (κ3) is 6.83. The van der Waals surface area contributed by atoms with Crippen LogP contribution in [0.1, 0.15) is 12.6 Å². The molecule has 0 radical (unpaired) electrons. The number of hydrogen-bond donors (Lipinski definition) is 0. The highest BCUT2D eigenvalue weighted by Crippen LogP contribution is 2.40. The Morgan fingerprint density at radius 3 is 2.13 bits per heavy atom. The van der Waals surface area contributed by atoms with Crippen LogP contribution in [-0.2, 0) is 9.47 Å². The predicted octanol–water partition coefficient (Wildman–Crippen LogP) is 7.69. The Balaban J connectivity index is 1.63. The number of ether oxygens (including phenoxy) is 5. The molecule has 12 heteroatoms. The van der Waals surface area contributed by atoms with Crippen LogP contribution >= 0.6 is 0 Å². The molecule has 3 aromatic carbocycles. The summed E-state index contributed by atoms with van der Waals surface area (Å²) in [6, 6.07) is 13.0. The molecular weight excluding hydrogens is 529 g/mol. The maximum Gasteiger partial charge on any atom is 0.573 e. The monoisotopic (exact) mass is 549 g/mol. The Morgan fingerprint density at radius 1 is 0.897 bits per heavy atom. The highest BCUT2D eigenvalue weighted by Gasteiger charge is 2.31. The van der Waals surface area contributed by atoms with Gasteiger partial charge < -0.3 is 23.7 Å². The third-order valence-corrected chi connectivity index (χ3v) is 5.22. The molecule has 0 bridgehead atoms. The number of halogens is 5. The van der Waals surface area contributed by atoms with Gasteiger partial charge in [0.25, 0.3) is 0 Å². The fraction of sp³-hybridized carbons (Fsp3) is 0.185. The average molecular weight is 549 g/mol. The molecule has 7 nitrogen and oxygen atoms in total. The van der Waals surface area contributed by atoms with Crippen LogP contribution < -0.4 is 14.2 Å². The molecule has 1 aromatic heterocycles. The van der Waals surface area contributed by atoms with Gasteiger partial charge in [0, 0.05) is 23.4 Å². The maximum absolute atomic E-state index is 14.9. The summed E-state index contributed by atoms with van der Waals surface area (Å²) in [5, 5.41) is -0.119. The molecule has 4 rings (SSSR count). The summed E-state index contributed by atoms with van der Waals surface area (Å²) in [6.07, 6.45) is -5.79. The van der Waals surface area contributed by atoms with Crippen LogP contribution in [-0.4, -0.2) is 30.9 Å². The molecule has 0 saturated heterocycles. The van der Waals surface area contributed by atoms with E-state index < -0.39 is 36.7 Å². The van der Waals surface area contributed by atoms with Gasteiger partial charge in [0.2, 0.25) is 6.79 Å². The first-order valence-corrected chi connectivity index (χ1v) is 11.4. The number of carbonyl (C=O) groups is 1. The number of carbonyl (C=O) groups excluding carboxylic acids is 1. The van der Waals surface area contributed by atoms with Crippen LogP contribution in [0.25, 0.3) is 22.0 Å². The summed E-state index contributed by atoms with van der Waals surface area (Å²) in [6.45, 7) is 2.67. The number of fused-ring (bicyclic) bond motifs is 1. The fourth-order valence-corrected chi connectivity index (χ4v) is 3.71. The van der Waals surface area contributed by atoms with Crippen molar-refractivity contribution >= 4 is 17.1 Å². The minimum absolute atomic E-state index is 0.00205. The van der Waals surface area contributed by atoms with Crippen LogP contribution in [0.15, 0.2) is 60.7 Å². The normalized spacial score (nSPS) is 11.3. The lowest BCUT2D eigenvalue weighted by atomic mass is 10.00. The van der Waals surface area contributed by atoms with E-state index in [-0.39, 0.29) is 29.0 Å². The number of nitrogens with zero attached hydrogens (tertiary/aromatic N) is 1. The Kier molecular flexibility index (Phi) is 8.03. The first kappa shape index (κ1) is 27.4. The van der Waals surface area contributed by atoms with Gasteiger partial charge in [0.1, 0.15) is 34.6 Å². The summed E-state index contributed by atoms with van der Waals surface area (Å²) >= 11 is 0. The summed E-state index contributed by atoms with van der Waals surface area (Å²) in [5.74, 6) is -1.58. The van der Waals surface area contributed by atoms with Crippen LogP contribution in [0.2, 0.25) is 0 Å². The standard InChI is InChI=1S/C27H20F5NO6/c1-3-35-26(34)37-14-36-25-23(15(2)33-22-13-17(28)12-21(29)24(22)25)16-4-6-18(7-5-16)38-19-8-10-20(11-9-19)39-27(30,31)32/h4-13H,3,14H2,1-2H3. The molecule has 39 heavy (non-hydrogen) atoms. The van der Waals surface area contributed by atoms with Crippen LogP contribution in [0, 0.1) is 18.6 Å². The zero-order valence-electron chi connectivity index (χ0n) is 20.5. The molecule has 0 amide bonds. The predicted molar refractivity (Wildman–Crippen MR) is 129 cm³/mol. The van der Waals surface area contributed by atoms with Gasteiger partial charge in [0.05, 0.1) is 17.5 Å². The van der Waals surface area contributed by atoms with Crippen molar-refractivity contribution in [1.29, 1.82) is 0 Å². The van der Waals surface area contributed by atoms with E-state index in [1.54, 1.807) is 38.1 Å². The number of aromatic nitrogens is 1. The van der Waals surface area contributed by atoms with E-state index in [1.165, 1.54) is 12.1 Å². The topological polar surface area (TPSA) is 76.1 Å². The lowest BCUT2D eigenvalue weighted by Crippen LogP contribution is -2.16.